The maximum atomic E-state index is 13.5. The van der Waals surface area contributed by atoms with Crippen LogP contribution >= 0.6 is 11.6 Å². The van der Waals surface area contributed by atoms with Gasteiger partial charge in [0.2, 0.25) is 5.88 Å². The maximum absolute atomic E-state index is 13.5. The van der Waals surface area contributed by atoms with Gasteiger partial charge in [-0.3, -0.25) is 9.59 Å². The van der Waals surface area contributed by atoms with Crippen LogP contribution in [0, 0.1) is 5.82 Å². The van der Waals surface area contributed by atoms with Gasteiger partial charge in [-0.15, -0.1) is 0 Å². The van der Waals surface area contributed by atoms with E-state index < -0.39 is 11.7 Å². The summed E-state index contributed by atoms with van der Waals surface area (Å²) in [5.41, 5.74) is 1.65. The summed E-state index contributed by atoms with van der Waals surface area (Å²) in [7, 11) is 0. The fourth-order valence-corrected chi connectivity index (χ4v) is 3.75. The molecule has 34 heavy (non-hydrogen) atoms. The zero-order valence-corrected chi connectivity index (χ0v) is 18.3. The summed E-state index contributed by atoms with van der Waals surface area (Å²) >= 11 is 5.99. The van der Waals surface area contributed by atoms with E-state index in [1.54, 1.807) is 35.4 Å². The fraction of sp³-hybridized carbons (Fsp3) is 0.0400. The summed E-state index contributed by atoms with van der Waals surface area (Å²) in [5, 5.41) is 2.67. The lowest BCUT2D eigenvalue weighted by molar-refractivity contribution is 0.0984. The van der Waals surface area contributed by atoms with Crippen molar-refractivity contribution in [2.24, 2.45) is 0 Å². The minimum Gasteiger partial charge on any atom is -0.436 e. The third-order valence-corrected chi connectivity index (χ3v) is 5.54. The van der Waals surface area contributed by atoms with E-state index in [1.165, 1.54) is 18.3 Å². The number of carbonyl (C=O) groups excluding carboxylic acids is 2. The lowest BCUT2D eigenvalue weighted by Crippen LogP contribution is -2.30. The summed E-state index contributed by atoms with van der Waals surface area (Å²) in [5.74, 6) is -0.349. The summed E-state index contributed by atoms with van der Waals surface area (Å²) in [6, 6.07) is 17.4. The Hall–Kier alpha value is -4.30. The molecule has 0 aliphatic carbocycles. The quantitative estimate of drug-likeness (QED) is 0.425. The van der Waals surface area contributed by atoms with Crippen LogP contribution in [-0.4, -0.2) is 21.8 Å². The van der Waals surface area contributed by atoms with Crippen molar-refractivity contribution in [3.05, 3.63) is 107 Å². The average Bonchev–Trinajstić information content (AvgIpc) is 3.02. The first-order valence-corrected chi connectivity index (χ1v) is 10.6. The molecule has 0 radical (unpaired) electrons. The molecule has 0 spiro atoms. The molecule has 0 saturated carbocycles. The Balaban J connectivity index is 1.40. The van der Waals surface area contributed by atoms with Crippen LogP contribution in [-0.2, 0) is 6.54 Å². The molecule has 0 saturated heterocycles. The lowest BCUT2D eigenvalue weighted by Gasteiger charge is -2.22. The summed E-state index contributed by atoms with van der Waals surface area (Å²) in [6.45, 7) is 0.260. The Kier molecular flexibility index (Phi) is 5.65. The molecular formula is C25H16ClFN4O3. The molecule has 3 heterocycles. The Morgan fingerprint density at radius 1 is 1.03 bits per heavy atom. The fourth-order valence-electron chi connectivity index (χ4n) is 3.55. The van der Waals surface area contributed by atoms with Crippen LogP contribution < -0.4 is 15.0 Å². The molecule has 9 heteroatoms. The number of aromatic nitrogens is 2. The molecule has 2 aromatic heterocycles. The number of nitrogens with zero attached hydrogens (tertiary/aromatic N) is 3. The van der Waals surface area contributed by atoms with Crippen LogP contribution in [0.5, 0.6) is 11.6 Å². The first kappa shape index (κ1) is 21.5. The number of anilines is 2. The first-order chi connectivity index (χ1) is 16.5. The highest BCUT2D eigenvalue weighted by atomic mass is 35.5. The van der Waals surface area contributed by atoms with Gasteiger partial charge >= 0.3 is 0 Å². The third-order valence-electron chi connectivity index (χ3n) is 5.21. The van der Waals surface area contributed by atoms with Gasteiger partial charge in [0.25, 0.3) is 11.8 Å². The predicted octanol–water partition coefficient (Wildman–Crippen LogP) is 5.47. The zero-order chi connectivity index (χ0) is 23.7. The largest absolute Gasteiger partial charge is 0.436 e. The van der Waals surface area contributed by atoms with Gasteiger partial charge in [-0.1, -0.05) is 29.8 Å². The minimum absolute atomic E-state index is 0.0166. The molecule has 1 aliphatic heterocycles. The SMILES string of the molecule is O=C(Nc1ccc(C(=O)N2Cc3cccnc3Oc3ccccc32)cn1)c1cc(F)ccc1Cl. The van der Waals surface area contributed by atoms with Gasteiger partial charge in [0, 0.05) is 18.0 Å². The second-order valence-electron chi connectivity index (χ2n) is 7.44. The molecule has 1 aliphatic rings. The topological polar surface area (TPSA) is 84.4 Å². The number of ether oxygens (including phenoxy) is 1. The van der Waals surface area contributed by atoms with Crippen LogP contribution in [0.4, 0.5) is 15.9 Å². The van der Waals surface area contributed by atoms with Crippen LogP contribution in [0.2, 0.25) is 5.02 Å². The molecule has 0 atom stereocenters. The molecule has 2 amide bonds. The highest BCUT2D eigenvalue weighted by molar-refractivity contribution is 6.34. The molecular weight excluding hydrogens is 459 g/mol. The van der Waals surface area contributed by atoms with Crippen LogP contribution in [0.3, 0.4) is 0 Å². The Morgan fingerprint density at radius 3 is 2.71 bits per heavy atom. The van der Waals surface area contributed by atoms with E-state index in [0.717, 1.165) is 17.7 Å². The zero-order valence-electron chi connectivity index (χ0n) is 17.5. The highest BCUT2D eigenvalue weighted by Gasteiger charge is 2.27. The van der Waals surface area contributed by atoms with Crippen LogP contribution in [0.1, 0.15) is 26.3 Å². The van der Waals surface area contributed by atoms with E-state index in [-0.39, 0.29) is 28.9 Å². The van der Waals surface area contributed by atoms with Crippen molar-refractivity contribution < 1.29 is 18.7 Å². The molecule has 4 aromatic rings. The number of rotatable bonds is 3. The molecule has 0 bridgehead atoms. The Bertz CT molecular complexity index is 1410. The molecule has 5 rings (SSSR count). The van der Waals surface area contributed by atoms with Crippen molar-refractivity contribution in [2.45, 2.75) is 6.54 Å². The van der Waals surface area contributed by atoms with Gasteiger partial charge in [-0.05, 0) is 48.5 Å². The van der Waals surface area contributed by atoms with E-state index in [4.69, 9.17) is 16.3 Å². The monoisotopic (exact) mass is 474 g/mol. The summed E-state index contributed by atoms with van der Waals surface area (Å²) in [4.78, 5) is 35.9. The molecule has 0 unspecified atom stereocenters. The molecule has 0 fully saturated rings. The van der Waals surface area contributed by atoms with Gasteiger partial charge in [0.05, 0.1) is 28.4 Å². The Labute approximate surface area is 198 Å². The van der Waals surface area contributed by atoms with E-state index in [0.29, 0.717) is 22.9 Å². The standard InChI is InChI=1S/C25H16ClFN4O3/c26-19-9-8-17(27)12-18(19)23(32)30-22-10-7-15(13-29-22)25(33)31-14-16-4-3-11-28-24(16)34-21-6-2-1-5-20(21)31/h1-13H,14H2,(H,29,30,32). The lowest BCUT2D eigenvalue weighted by atomic mass is 10.1. The maximum Gasteiger partial charge on any atom is 0.260 e. The number of carbonyl (C=O) groups is 2. The normalized spacial score (nSPS) is 12.1. The van der Waals surface area contributed by atoms with E-state index in [9.17, 15) is 14.0 Å². The average molecular weight is 475 g/mol. The molecule has 7 nitrogen and oxygen atoms in total. The molecule has 1 N–H and O–H groups in total. The van der Waals surface area contributed by atoms with Gasteiger partial charge in [-0.25, -0.2) is 14.4 Å². The minimum atomic E-state index is -0.612. The number of nitrogens with one attached hydrogen (secondary N) is 1. The first-order valence-electron chi connectivity index (χ1n) is 10.2. The Morgan fingerprint density at radius 2 is 1.88 bits per heavy atom. The molecule has 168 valence electrons. The van der Waals surface area contributed by atoms with Gasteiger partial charge in [-0.2, -0.15) is 0 Å². The number of benzene rings is 2. The van der Waals surface area contributed by atoms with Crippen molar-refractivity contribution in [1.29, 1.82) is 0 Å². The van der Waals surface area contributed by atoms with Gasteiger partial charge in [0.15, 0.2) is 5.75 Å². The van der Waals surface area contributed by atoms with Crippen molar-refractivity contribution in [2.75, 3.05) is 10.2 Å². The van der Waals surface area contributed by atoms with Crippen molar-refractivity contribution in [3.63, 3.8) is 0 Å². The van der Waals surface area contributed by atoms with Gasteiger partial charge in [0.1, 0.15) is 11.6 Å². The van der Waals surface area contributed by atoms with Crippen LogP contribution in [0.15, 0.2) is 79.1 Å². The third kappa shape index (κ3) is 4.18. The van der Waals surface area contributed by atoms with E-state index in [1.807, 2.05) is 18.2 Å². The molecule has 2 aromatic carbocycles. The second-order valence-corrected chi connectivity index (χ2v) is 7.85. The second kappa shape index (κ2) is 8.92. The van der Waals surface area contributed by atoms with Crippen molar-refractivity contribution >= 4 is 34.9 Å². The predicted molar refractivity (Wildman–Crippen MR) is 125 cm³/mol. The highest BCUT2D eigenvalue weighted by Crippen LogP contribution is 2.38. The van der Waals surface area contributed by atoms with Gasteiger partial charge < -0.3 is 15.0 Å². The number of pyridine rings is 2. The smallest absolute Gasteiger partial charge is 0.260 e. The van der Waals surface area contributed by atoms with Crippen molar-refractivity contribution in [3.8, 4) is 11.6 Å². The van der Waals surface area contributed by atoms with E-state index in [2.05, 4.69) is 15.3 Å². The number of hydrogen-bond donors (Lipinski definition) is 1. The number of fused-ring (bicyclic) bond motifs is 2. The van der Waals surface area contributed by atoms with Crippen LogP contribution in [0.25, 0.3) is 0 Å². The number of hydrogen-bond acceptors (Lipinski definition) is 5. The summed E-state index contributed by atoms with van der Waals surface area (Å²) in [6.07, 6.45) is 3.00. The van der Waals surface area contributed by atoms with E-state index >= 15 is 0 Å². The number of halogens is 2. The number of amides is 2. The number of para-hydroxylation sites is 2. The summed E-state index contributed by atoms with van der Waals surface area (Å²) < 4.78 is 19.4. The van der Waals surface area contributed by atoms with Crippen molar-refractivity contribution in [1.82, 2.24) is 9.97 Å².